The summed E-state index contributed by atoms with van der Waals surface area (Å²) in [4.78, 5) is 11.4. The van der Waals surface area contributed by atoms with Crippen molar-refractivity contribution in [2.24, 2.45) is 0 Å². The van der Waals surface area contributed by atoms with Crippen LogP contribution in [-0.2, 0) is 6.61 Å². The summed E-state index contributed by atoms with van der Waals surface area (Å²) in [5.74, 6) is 4.47. The van der Waals surface area contributed by atoms with Crippen molar-refractivity contribution in [3.05, 3.63) is 56.0 Å². The molecule has 1 aromatic carbocycles. The summed E-state index contributed by atoms with van der Waals surface area (Å²) in [6.07, 6.45) is 0. The van der Waals surface area contributed by atoms with Crippen LogP contribution in [0.1, 0.15) is 9.75 Å². The third-order valence-corrected chi connectivity index (χ3v) is 3.42. The SMILES string of the molecule is O=[N+]([O-])c1ccc(OCc2ccc(C#CCO)s2)c(F)c1. The summed E-state index contributed by atoms with van der Waals surface area (Å²) >= 11 is 1.37. The van der Waals surface area contributed by atoms with Gasteiger partial charge >= 0.3 is 0 Å². The van der Waals surface area contributed by atoms with E-state index in [9.17, 15) is 14.5 Å². The number of hydrogen-bond acceptors (Lipinski definition) is 5. The Morgan fingerprint density at radius 3 is 2.86 bits per heavy atom. The second kappa shape index (κ2) is 6.83. The van der Waals surface area contributed by atoms with Gasteiger partial charge in [-0.2, -0.15) is 0 Å². The van der Waals surface area contributed by atoms with Crippen molar-refractivity contribution in [1.29, 1.82) is 0 Å². The highest BCUT2D eigenvalue weighted by Crippen LogP contribution is 2.24. The fourth-order valence-corrected chi connectivity index (χ4v) is 2.31. The first-order chi connectivity index (χ1) is 10.1. The van der Waals surface area contributed by atoms with E-state index < -0.39 is 10.7 Å². The zero-order chi connectivity index (χ0) is 15.2. The van der Waals surface area contributed by atoms with Gasteiger partial charge in [-0.15, -0.1) is 11.3 Å². The largest absolute Gasteiger partial charge is 0.485 e. The van der Waals surface area contributed by atoms with Crippen LogP contribution in [0.25, 0.3) is 0 Å². The minimum atomic E-state index is -0.777. The Bertz CT molecular complexity index is 717. The Morgan fingerprint density at radius 2 is 2.19 bits per heavy atom. The molecule has 0 spiro atoms. The summed E-state index contributed by atoms with van der Waals surface area (Å²) < 4.78 is 18.9. The lowest BCUT2D eigenvalue weighted by atomic mass is 10.3. The van der Waals surface area contributed by atoms with Crippen LogP contribution >= 0.6 is 11.3 Å². The van der Waals surface area contributed by atoms with Crippen molar-refractivity contribution in [2.75, 3.05) is 6.61 Å². The molecule has 0 aliphatic heterocycles. The Balaban J connectivity index is 2.03. The van der Waals surface area contributed by atoms with E-state index in [-0.39, 0.29) is 24.7 Å². The number of nitro groups is 1. The molecule has 0 atom stereocenters. The second-order valence-electron chi connectivity index (χ2n) is 3.89. The molecule has 7 heteroatoms. The molecule has 5 nitrogen and oxygen atoms in total. The minimum Gasteiger partial charge on any atom is -0.485 e. The van der Waals surface area contributed by atoms with E-state index in [0.29, 0.717) is 0 Å². The number of benzene rings is 1. The lowest BCUT2D eigenvalue weighted by molar-refractivity contribution is -0.385. The molecule has 1 aromatic heterocycles. The predicted molar refractivity (Wildman–Crippen MR) is 75.7 cm³/mol. The molecule has 2 aromatic rings. The quantitative estimate of drug-likeness (QED) is 0.535. The third-order valence-electron chi connectivity index (χ3n) is 2.45. The van der Waals surface area contributed by atoms with Crippen LogP contribution in [0.3, 0.4) is 0 Å². The molecule has 1 N–H and O–H groups in total. The van der Waals surface area contributed by atoms with Crippen LogP contribution in [0.15, 0.2) is 30.3 Å². The van der Waals surface area contributed by atoms with Gasteiger partial charge in [0, 0.05) is 10.9 Å². The average molecular weight is 307 g/mol. The number of rotatable bonds is 4. The zero-order valence-electron chi connectivity index (χ0n) is 10.7. The third kappa shape index (κ3) is 4.02. The maximum absolute atomic E-state index is 13.6. The van der Waals surface area contributed by atoms with E-state index in [2.05, 4.69) is 11.8 Å². The number of non-ortho nitro benzene ring substituents is 1. The summed E-state index contributed by atoms with van der Waals surface area (Å²) in [6, 6.07) is 6.80. The van der Waals surface area contributed by atoms with Gasteiger partial charge in [-0.05, 0) is 18.2 Å². The molecule has 21 heavy (non-hydrogen) atoms. The van der Waals surface area contributed by atoms with Gasteiger partial charge in [0.25, 0.3) is 5.69 Å². The first-order valence-electron chi connectivity index (χ1n) is 5.85. The maximum Gasteiger partial charge on any atom is 0.272 e. The zero-order valence-corrected chi connectivity index (χ0v) is 11.5. The summed E-state index contributed by atoms with van der Waals surface area (Å²) in [6.45, 7) is -0.0715. The number of nitro benzene ring substituents is 1. The van der Waals surface area contributed by atoms with Crippen LogP contribution in [0.5, 0.6) is 5.75 Å². The van der Waals surface area contributed by atoms with Gasteiger partial charge in [0.2, 0.25) is 0 Å². The van der Waals surface area contributed by atoms with Crippen molar-refractivity contribution in [3.63, 3.8) is 0 Å². The van der Waals surface area contributed by atoms with Gasteiger partial charge in [-0.3, -0.25) is 10.1 Å². The fraction of sp³-hybridized carbons (Fsp3) is 0.143. The molecule has 0 aliphatic rings. The Hall–Kier alpha value is -2.43. The highest BCUT2D eigenvalue weighted by atomic mass is 32.1. The van der Waals surface area contributed by atoms with Crippen LogP contribution < -0.4 is 4.74 Å². The molecular weight excluding hydrogens is 297 g/mol. The maximum atomic E-state index is 13.6. The fourth-order valence-electron chi connectivity index (χ4n) is 1.52. The highest BCUT2D eigenvalue weighted by molar-refractivity contribution is 7.12. The van der Waals surface area contributed by atoms with E-state index in [1.165, 1.54) is 23.5 Å². The van der Waals surface area contributed by atoms with Crippen molar-refractivity contribution in [1.82, 2.24) is 0 Å². The lowest BCUT2D eigenvalue weighted by Gasteiger charge is -2.05. The standard InChI is InChI=1S/C14H10FNO4S/c15-13-8-10(16(18)19)3-6-14(13)20-9-12-5-4-11(21-12)2-1-7-17/h3-6,8,17H,7,9H2. The molecule has 1 heterocycles. The van der Waals surface area contributed by atoms with Crippen LogP contribution in [0, 0.1) is 27.8 Å². The Labute approximate surface area is 123 Å². The van der Waals surface area contributed by atoms with Gasteiger partial charge in [0.1, 0.15) is 13.2 Å². The van der Waals surface area contributed by atoms with Crippen LogP contribution in [0.4, 0.5) is 10.1 Å². The summed E-state index contributed by atoms with van der Waals surface area (Å²) in [7, 11) is 0. The van der Waals surface area contributed by atoms with Crippen molar-refractivity contribution >= 4 is 17.0 Å². The van der Waals surface area contributed by atoms with Crippen molar-refractivity contribution in [2.45, 2.75) is 6.61 Å². The van der Waals surface area contributed by atoms with Crippen LogP contribution in [0.2, 0.25) is 0 Å². The van der Waals surface area contributed by atoms with E-state index in [1.54, 1.807) is 12.1 Å². The number of thiophene rings is 1. The first-order valence-corrected chi connectivity index (χ1v) is 6.67. The van der Waals surface area contributed by atoms with E-state index in [1.807, 2.05) is 0 Å². The molecule has 0 fully saturated rings. The lowest BCUT2D eigenvalue weighted by Crippen LogP contribution is -1.96. The van der Waals surface area contributed by atoms with Gasteiger partial charge in [0.15, 0.2) is 11.6 Å². The molecule has 0 bridgehead atoms. The highest BCUT2D eigenvalue weighted by Gasteiger charge is 2.11. The molecule has 0 saturated heterocycles. The number of ether oxygens (including phenoxy) is 1. The monoisotopic (exact) mass is 307 g/mol. The molecule has 0 aliphatic carbocycles. The van der Waals surface area contributed by atoms with E-state index in [4.69, 9.17) is 9.84 Å². The molecule has 108 valence electrons. The number of nitrogens with zero attached hydrogens (tertiary/aromatic N) is 1. The van der Waals surface area contributed by atoms with Gasteiger partial charge in [0.05, 0.1) is 15.9 Å². The van der Waals surface area contributed by atoms with Crippen LogP contribution in [-0.4, -0.2) is 16.6 Å². The van der Waals surface area contributed by atoms with Crippen molar-refractivity contribution in [3.8, 4) is 17.6 Å². The summed E-state index contributed by atoms with van der Waals surface area (Å²) in [5.41, 5.74) is -0.322. The number of hydrogen-bond donors (Lipinski definition) is 1. The summed E-state index contributed by atoms with van der Waals surface area (Å²) in [5, 5.41) is 19.1. The Morgan fingerprint density at radius 1 is 1.38 bits per heavy atom. The van der Waals surface area contributed by atoms with Gasteiger partial charge < -0.3 is 9.84 Å². The van der Waals surface area contributed by atoms with Crippen molar-refractivity contribution < 1.29 is 19.2 Å². The first kappa shape index (κ1) is 15.0. The second-order valence-corrected chi connectivity index (χ2v) is 5.05. The van der Waals surface area contributed by atoms with E-state index >= 15 is 0 Å². The minimum absolute atomic E-state index is 0.0445. The molecule has 0 amide bonds. The number of aliphatic hydroxyl groups is 1. The molecular formula is C14H10FNO4S. The smallest absolute Gasteiger partial charge is 0.272 e. The average Bonchev–Trinajstić information content (AvgIpc) is 2.91. The number of halogens is 1. The molecule has 0 radical (unpaired) electrons. The van der Waals surface area contributed by atoms with E-state index in [0.717, 1.165) is 15.8 Å². The predicted octanol–water partition coefficient (Wildman–Crippen LogP) is 2.72. The molecule has 0 unspecified atom stereocenters. The normalized spacial score (nSPS) is 9.81. The number of aliphatic hydroxyl groups excluding tert-OH is 1. The van der Waals surface area contributed by atoms with Gasteiger partial charge in [-0.1, -0.05) is 11.8 Å². The molecule has 2 rings (SSSR count). The topological polar surface area (TPSA) is 72.6 Å². The molecule has 0 saturated carbocycles. The van der Waals surface area contributed by atoms with Gasteiger partial charge in [-0.25, -0.2) is 4.39 Å². The Kier molecular flexibility index (Phi) is 4.87.